The van der Waals surface area contributed by atoms with E-state index in [4.69, 9.17) is 4.74 Å². The molecule has 170 valence electrons. The Balaban J connectivity index is 1.45. The lowest BCUT2D eigenvalue weighted by Crippen LogP contribution is -2.15. The zero-order valence-electron chi connectivity index (χ0n) is 19.4. The molecule has 1 aliphatic carbocycles. The average Bonchev–Trinajstić information content (AvgIpc) is 2.80. The van der Waals surface area contributed by atoms with E-state index in [1.807, 2.05) is 18.5 Å². The van der Waals surface area contributed by atoms with Gasteiger partial charge in [-0.1, -0.05) is 77.7 Å². The fourth-order valence-corrected chi connectivity index (χ4v) is 4.58. The number of nitrogens with zero attached hydrogens (tertiary/aromatic N) is 2. The Morgan fingerprint density at radius 2 is 1.55 bits per heavy atom. The van der Waals surface area contributed by atoms with Crippen LogP contribution in [0.4, 0.5) is 4.39 Å². The minimum absolute atomic E-state index is 0.315. The van der Waals surface area contributed by atoms with Crippen molar-refractivity contribution in [3.63, 3.8) is 0 Å². The summed E-state index contributed by atoms with van der Waals surface area (Å²) in [5.74, 6) is 2.66. The Kier molecular flexibility index (Phi) is 9.77. The Labute approximate surface area is 187 Å². The van der Waals surface area contributed by atoms with E-state index in [1.54, 1.807) is 6.07 Å². The quantitative estimate of drug-likeness (QED) is 0.325. The predicted molar refractivity (Wildman–Crippen MR) is 126 cm³/mol. The van der Waals surface area contributed by atoms with Crippen LogP contribution in [0.2, 0.25) is 0 Å². The molecule has 1 saturated carbocycles. The van der Waals surface area contributed by atoms with Crippen molar-refractivity contribution in [3.8, 4) is 16.9 Å². The monoisotopic (exact) mass is 426 g/mol. The molecule has 3 nitrogen and oxygen atoms in total. The summed E-state index contributed by atoms with van der Waals surface area (Å²) in [4.78, 5) is 9.10. The molecule has 0 radical (unpaired) electrons. The fraction of sp³-hybridized carbons (Fsp3) is 0.630. The summed E-state index contributed by atoms with van der Waals surface area (Å²) in [5.41, 5.74) is 1.63. The highest BCUT2D eigenvalue weighted by atomic mass is 19.1. The molecule has 1 aliphatic rings. The van der Waals surface area contributed by atoms with Crippen LogP contribution in [0, 0.1) is 17.7 Å². The summed E-state index contributed by atoms with van der Waals surface area (Å²) >= 11 is 0. The average molecular weight is 427 g/mol. The van der Waals surface area contributed by atoms with E-state index in [2.05, 4.69) is 23.8 Å². The molecule has 4 heteroatoms. The maximum Gasteiger partial charge on any atom is 0.165 e. The number of unbranched alkanes of at least 4 members (excludes halogenated alkanes) is 3. The van der Waals surface area contributed by atoms with Crippen molar-refractivity contribution in [1.82, 2.24) is 9.97 Å². The number of halogens is 1. The minimum atomic E-state index is -0.331. The van der Waals surface area contributed by atoms with E-state index in [0.29, 0.717) is 12.4 Å². The molecule has 31 heavy (non-hydrogen) atoms. The first kappa shape index (κ1) is 23.7. The Morgan fingerprint density at radius 1 is 0.871 bits per heavy atom. The van der Waals surface area contributed by atoms with Gasteiger partial charge in [0.1, 0.15) is 5.82 Å². The highest BCUT2D eigenvalue weighted by Gasteiger charge is 2.21. The lowest BCUT2D eigenvalue weighted by atomic mass is 9.78. The molecular weight excluding hydrogens is 387 g/mol. The van der Waals surface area contributed by atoms with Gasteiger partial charge in [0.15, 0.2) is 11.6 Å². The standard InChI is InChI=1S/C27H39FN2O/c1-3-5-7-8-21-9-11-22(12-10-21)13-16-27-29-19-24(20-30-27)23-14-15-26(25(28)18-23)31-17-6-4-2/h14-15,18-22H,3-13,16-17H2,1-2H3. The second-order valence-electron chi connectivity index (χ2n) is 9.16. The molecule has 0 aliphatic heterocycles. The molecule has 1 fully saturated rings. The summed E-state index contributed by atoms with van der Waals surface area (Å²) in [5, 5.41) is 0. The first-order chi connectivity index (χ1) is 15.2. The summed E-state index contributed by atoms with van der Waals surface area (Å²) in [6.07, 6.45) is 18.8. The number of ether oxygens (including phenoxy) is 1. The van der Waals surface area contributed by atoms with Gasteiger partial charge in [0.2, 0.25) is 0 Å². The van der Waals surface area contributed by atoms with E-state index >= 15 is 0 Å². The molecule has 1 aromatic heterocycles. The van der Waals surface area contributed by atoms with Gasteiger partial charge in [0.25, 0.3) is 0 Å². The second-order valence-corrected chi connectivity index (χ2v) is 9.16. The minimum Gasteiger partial charge on any atom is -0.491 e. The van der Waals surface area contributed by atoms with Gasteiger partial charge >= 0.3 is 0 Å². The van der Waals surface area contributed by atoms with Crippen molar-refractivity contribution in [1.29, 1.82) is 0 Å². The van der Waals surface area contributed by atoms with Crippen molar-refractivity contribution in [2.24, 2.45) is 11.8 Å². The maximum absolute atomic E-state index is 14.3. The molecule has 0 amide bonds. The van der Waals surface area contributed by atoms with Crippen LogP contribution in [0.1, 0.15) is 90.3 Å². The van der Waals surface area contributed by atoms with Gasteiger partial charge in [-0.3, -0.25) is 0 Å². The van der Waals surface area contributed by atoms with Crippen molar-refractivity contribution in [2.75, 3.05) is 6.61 Å². The van der Waals surface area contributed by atoms with Gasteiger partial charge in [-0.15, -0.1) is 0 Å². The van der Waals surface area contributed by atoms with Gasteiger partial charge in [-0.25, -0.2) is 14.4 Å². The molecule has 1 aromatic carbocycles. The number of hydrogen-bond donors (Lipinski definition) is 0. The van der Waals surface area contributed by atoms with E-state index in [9.17, 15) is 4.39 Å². The molecule has 0 spiro atoms. The molecule has 3 rings (SSSR count). The molecule has 0 unspecified atom stereocenters. The maximum atomic E-state index is 14.3. The third-order valence-corrected chi connectivity index (χ3v) is 6.68. The number of benzene rings is 1. The van der Waals surface area contributed by atoms with Crippen LogP contribution < -0.4 is 4.74 Å². The van der Waals surface area contributed by atoms with Crippen LogP contribution in [-0.4, -0.2) is 16.6 Å². The smallest absolute Gasteiger partial charge is 0.165 e. The topological polar surface area (TPSA) is 35.0 Å². The Morgan fingerprint density at radius 3 is 2.19 bits per heavy atom. The second kappa shape index (κ2) is 12.8. The van der Waals surface area contributed by atoms with Crippen LogP contribution >= 0.6 is 0 Å². The number of aryl methyl sites for hydroxylation is 1. The van der Waals surface area contributed by atoms with Crippen LogP contribution in [0.15, 0.2) is 30.6 Å². The normalized spacial score (nSPS) is 18.8. The molecule has 0 atom stereocenters. The molecule has 0 bridgehead atoms. The van der Waals surface area contributed by atoms with Crippen LogP contribution in [-0.2, 0) is 6.42 Å². The van der Waals surface area contributed by atoms with Crippen LogP contribution in [0.3, 0.4) is 0 Å². The van der Waals surface area contributed by atoms with Crippen LogP contribution in [0.5, 0.6) is 5.75 Å². The fourth-order valence-electron chi connectivity index (χ4n) is 4.58. The summed E-state index contributed by atoms with van der Waals surface area (Å²) in [6.45, 7) is 4.92. The largest absolute Gasteiger partial charge is 0.491 e. The number of hydrogen-bond acceptors (Lipinski definition) is 3. The van der Waals surface area contributed by atoms with Crippen LogP contribution in [0.25, 0.3) is 11.1 Å². The number of aromatic nitrogens is 2. The third kappa shape index (κ3) is 7.59. The third-order valence-electron chi connectivity index (χ3n) is 6.68. The lowest BCUT2D eigenvalue weighted by molar-refractivity contribution is 0.248. The number of rotatable bonds is 12. The Hall–Kier alpha value is -1.97. The van der Waals surface area contributed by atoms with E-state index in [-0.39, 0.29) is 5.82 Å². The van der Waals surface area contributed by atoms with Gasteiger partial charge in [0, 0.05) is 24.4 Å². The summed E-state index contributed by atoms with van der Waals surface area (Å²) in [6, 6.07) is 5.09. The zero-order chi connectivity index (χ0) is 21.9. The SMILES string of the molecule is CCCCCC1CCC(CCc2ncc(-c3ccc(OCCCC)c(F)c3)cn2)CC1. The highest BCUT2D eigenvalue weighted by Crippen LogP contribution is 2.34. The van der Waals surface area contributed by atoms with Crippen molar-refractivity contribution < 1.29 is 9.13 Å². The lowest BCUT2D eigenvalue weighted by Gasteiger charge is -2.28. The highest BCUT2D eigenvalue weighted by molar-refractivity contribution is 5.62. The van der Waals surface area contributed by atoms with E-state index in [0.717, 1.165) is 48.0 Å². The summed E-state index contributed by atoms with van der Waals surface area (Å²) < 4.78 is 19.8. The first-order valence-corrected chi connectivity index (χ1v) is 12.4. The predicted octanol–water partition coefficient (Wildman–Crippen LogP) is 7.78. The van der Waals surface area contributed by atoms with E-state index < -0.39 is 0 Å². The Bertz CT molecular complexity index is 769. The first-order valence-electron chi connectivity index (χ1n) is 12.4. The summed E-state index contributed by atoms with van der Waals surface area (Å²) in [7, 11) is 0. The van der Waals surface area contributed by atoms with Gasteiger partial charge < -0.3 is 4.74 Å². The molecule has 1 heterocycles. The van der Waals surface area contributed by atoms with Crippen molar-refractivity contribution in [3.05, 3.63) is 42.2 Å². The van der Waals surface area contributed by atoms with Crippen molar-refractivity contribution >= 4 is 0 Å². The molecule has 0 saturated heterocycles. The molecule has 0 N–H and O–H groups in total. The zero-order valence-corrected chi connectivity index (χ0v) is 19.4. The molecule has 2 aromatic rings. The molecular formula is C27H39FN2O. The van der Waals surface area contributed by atoms with Gasteiger partial charge in [-0.2, -0.15) is 0 Å². The van der Waals surface area contributed by atoms with Crippen molar-refractivity contribution in [2.45, 2.75) is 90.9 Å². The van der Waals surface area contributed by atoms with Gasteiger partial charge in [-0.05, 0) is 42.4 Å². The van der Waals surface area contributed by atoms with Gasteiger partial charge in [0.05, 0.1) is 6.61 Å². The van der Waals surface area contributed by atoms with E-state index in [1.165, 1.54) is 63.9 Å².